The zero-order chi connectivity index (χ0) is 17.5. The maximum Gasteiger partial charge on any atom is 0.252 e. The Morgan fingerprint density at radius 3 is 2.48 bits per heavy atom. The van der Waals surface area contributed by atoms with Gasteiger partial charge in [-0.3, -0.25) is 4.79 Å². The summed E-state index contributed by atoms with van der Waals surface area (Å²) in [6, 6.07) is 12.9. The van der Waals surface area contributed by atoms with Crippen molar-refractivity contribution in [2.24, 2.45) is 11.8 Å². The second-order valence-corrected chi connectivity index (χ2v) is 6.63. The van der Waals surface area contributed by atoms with Crippen LogP contribution in [0.5, 0.6) is 11.6 Å². The Morgan fingerprint density at radius 2 is 1.80 bits per heavy atom. The molecule has 0 saturated heterocycles. The van der Waals surface area contributed by atoms with Gasteiger partial charge in [-0.2, -0.15) is 0 Å². The summed E-state index contributed by atoms with van der Waals surface area (Å²) in [6.07, 6.45) is 5.87. The average molecular weight is 340 g/mol. The van der Waals surface area contributed by atoms with Gasteiger partial charge in [0.25, 0.3) is 5.91 Å². The van der Waals surface area contributed by atoms with Gasteiger partial charge in [-0.1, -0.05) is 18.2 Å². The molecule has 1 aromatic carbocycles. The van der Waals surface area contributed by atoms with Crippen molar-refractivity contribution in [2.75, 3.05) is 13.2 Å². The molecule has 2 N–H and O–H groups in total. The summed E-state index contributed by atoms with van der Waals surface area (Å²) in [5, 5.41) is 12.1. The van der Waals surface area contributed by atoms with Gasteiger partial charge in [0.15, 0.2) is 0 Å². The van der Waals surface area contributed by atoms with Crippen molar-refractivity contribution in [3.8, 4) is 11.6 Å². The minimum absolute atomic E-state index is 0.0763. The summed E-state index contributed by atoms with van der Waals surface area (Å²) in [5.74, 6) is 1.82. The lowest BCUT2D eigenvalue weighted by atomic mass is 9.82. The number of aromatic hydroxyl groups is 1. The predicted octanol–water partition coefficient (Wildman–Crippen LogP) is 3.40. The van der Waals surface area contributed by atoms with Crippen LogP contribution in [0.2, 0.25) is 0 Å². The fourth-order valence-electron chi connectivity index (χ4n) is 3.19. The average Bonchev–Trinajstić information content (AvgIpc) is 2.67. The maximum absolute atomic E-state index is 12.1. The monoisotopic (exact) mass is 340 g/mol. The molecule has 1 aliphatic carbocycles. The first-order valence-corrected chi connectivity index (χ1v) is 8.82. The number of pyridine rings is 1. The topological polar surface area (TPSA) is 71.5 Å². The van der Waals surface area contributed by atoms with Gasteiger partial charge in [-0.25, -0.2) is 4.98 Å². The van der Waals surface area contributed by atoms with Crippen molar-refractivity contribution in [1.82, 2.24) is 10.3 Å². The summed E-state index contributed by atoms with van der Waals surface area (Å²) >= 11 is 0. The van der Waals surface area contributed by atoms with Gasteiger partial charge in [0.05, 0.1) is 12.2 Å². The van der Waals surface area contributed by atoms with Crippen LogP contribution in [0, 0.1) is 11.8 Å². The first kappa shape index (κ1) is 17.3. The van der Waals surface area contributed by atoms with Crippen LogP contribution in [-0.4, -0.2) is 29.1 Å². The Kier molecular flexibility index (Phi) is 5.88. The van der Waals surface area contributed by atoms with Gasteiger partial charge in [-0.05, 0) is 55.7 Å². The third kappa shape index (κ3) is 5.21. The molecule has 5 heteroatoms. The standard InChI is InChI=1S/C20H24N2O3/c23-19-11-10-17(13-21-19)20(24)22-12-15-6-8-16(9-7-15)14-25-18-4-2-1-3-5-18/h1-5,10-11,13,15-16H,6-9,12,14H2,(H,21,23)(H,22,24)/t15-,16+. The molecule has 1 saturated carbocycles. The fraction of sp³-hybridized carbons (Fsp3) is 0.400. The number of benzene rings is 1. The van der Waals surface area contributed by atoms with Crippen molar-refractivity contribution in [1.29, 1.82) is 0 Å². The lowest BCUT2D eigenvalue weighted by Crippen LogP contribution is -2.32. The molecular formula is C20H24N2O3. The molecule has 1 fully saturated rings. The van der Waals surface area contributed by atoms with E-state index in [-0.39, 0.29) is 11.8 Å². The molecule has 1 heterocycles. The zero-order valence-electron chi connectivity index (χ0n) is 14.2. The Bertz CT molecular complexity index is 665. The van der Waals surface area contributed by atoms with Crippen LogP contribution in [0.3, 0.4) is 0 Å². The number of hydrogen-bond donors (Lipinski definition) is 2. The van der Waals surface area contributed by atoms with E-state index in [2.05, 4.69) is 10.3 Å². The Morgan fingerprint density at radius 1 is 1.08 bits per heavy atom. The van der Waals surface area contributed by atoms with E-state index in [9.17, 15) is 4.79 Å². The highest BCUT2D eigenvalue weighted by Gasteiger charge is 2.22. The summed E-state index contributed by atoms with van der Waals surface area (Å²) in [4.78, 5) is 15.8. The number of para-hydroxylation sites is 1. The van der Waals surface area contributed by atoms with Crippen LogP contribution in [0.15, 0.2) is 48.7 Å². The van der Waals surface area contributed by atoms with E-state index in [1.807, 2.05) is 30.3 Å². The Hall–Kier alpha value is -2.56. The number of carbonyl (C=O) groups excluding carboxylic acids is 1. The number of amides is 1. The number of nitrogens with zero attached hydrogens (tertiary/aromatic N) is 1. The molecule has 0 unspecified atom stereocenters. The highest BCUT2D eigenvalue weighted by molar-refractivity contribution is 5.93. The molecule has 2 aromatic rings. The smallest absolute Gasteiger partial charge is 0.252 e. The maximum atomic E-state index is 12.1. The van der Waals surface area contributed by atoms with Crippen LogP contribution in [0.4, 0.5) is 0 Å². The van der Waals surface area contributed by atoms with Gasteiger partial charge < -0.3 is 15.2 Å². The van der Waals surface area contributed by atoms with E-state index in [1.54, 1.807) is 6.07 Å². The molecule has 1 aromatic heterocycles. The van der Waals surface area contributed by atoms with Gasteiger partial charge in [-0.15, -0.1) is 0 Å². The van der Waals surface area contributed by atoms with Crippen molar-refractivity contribution >= 4 is 5.91 Å². The Balaban J connectivity index is 1.36. The minimum atomic E-state index is -0.137. The van der Waals surface area contributed by atoms with Crippen LogP contribution in [0.25, 0.3) is 0 Å². The van der Waals surface area contributed by atoms with Gasteiger partial charge >= 0.3 is 0 Å². The normalized spacial score (nSPS) is 20.0. The van der Waals surface area contributed by atoms with Crippen LogP contribution in [-0.2, 0) is 0 Å². The molecule has 3 rings (SSSR count). The second-order valence-electron chi connectivity index (χ2n) is 6.63. The number of hydrogen-bond acceptors (Lipinski definition) is 4. The number of ether oxygens (including phenoxy) is 1. The van der Waals surface area contributed by atoms with E-state index in [4.69, 9.17) is 9.84 Å². The molecule has 132 valence electrons. The van der Waals surface area contributed by atoms with Gasteiger partial charge in [0, 0.05) is 18.8 Å². The fourth-order valence-corrected chi connectivity index (χ4v) is 3.19. The molecule has 0 bridgehead atoms. The molecule has 0 aliphatic heterocycles. The van der Waals surface area contributed by atoms with E-state index in [0.717, 1.165) is 38.0 Å². The van der Waals surface area contributed by atoms with Crippen molar-refractivity contribution in [3.05, 3.63) is 54.2 Å². The number of rotatable bonds is 6. The quantitative estimate of drug-likeness (QED) is 0.845. The van der Waals surface area contributed by atoms with E-state index in [1.165, 1.54) is 12.3 Å². The van der Waals surface area contributed by atoms with Crippen molar-refractivity contribution in [2.45, 2.75) is 25.7 Å². The second kappa shape index (κ2) is 8.51. The predicted molar refractivity (Wildman–Crippen MR) is 95.6 cm³/mol. The van der Waals surface area contributed by atoms with Gasteiger partial charge in [0.2, 0.25) is 5.88 Å². The molecule has 0 spiro atoms. The molecule has 0 atom stereocenters. The highest BCUT2D eigenvalue weighted by atomic mass is 16.5. The van der Waals surface area contributed by atoms with Crippen LogP contribution in [0.1, 0.15) is 36.0 Å². The van der Waals surface area contributed by atoms with Crippen LogP contribution < -0.4 is 10.1 Å². The summed E-state index contributed by atoms with van der Waals surface area (Å²) < 4.78 is 5.85. The molecule has 25 heavy (non-hydrogen) atoms. The highest BCUT2D eigenvalue weighted by Crippen LogP contribution is 2.29. The number of carbonyl (C=O) groups is 1. The molecule has 5 nitrogen and oxygen atoms in total. The molecule has 1 amide bonds. The van der Waals surface area contributed by atoms with Crippen molar-refractivity contribution in [3.63, 3.8) is 0 Å². The molecule has 0 radical (unpaired) electrons. The zero-order valence-corrected chi connectivity index (χ0v) is 14.2. The summed E-state index contributed by atoms with van der Waals surface area (Å²) in [5.41, 5.74) is 0.475. The molecular weight excluding hydrogens is 316 g/mol. The van der Waals surface area contributed by atoms with Gasteiger partial charge in [0.1, 0.15) is 5.75 Å². The minimum Gasteiger partial charge on any atom is -0.493 e. The third-order valence-electron chi connectivity index (χ3n) is 4.76. The van der Waals surface area contributed by atoms with E-state index < -0.39 is 0 Å². The largest absolute Gasteiger partial charge is 0.493 e. The summed E-state index contributed by atoms with van der Waals surface area (Å²) in [6.45, 7) is 1.45. The SMILES string of the molecule is O=C(NC[C@H]1CC[C@@H](COc2ccccc2)CC1)c1ccc(O)nc1. The van der Waals surface area contributed by atoms with E-state index >= 15 is 0 Å². The lowest BCUT2D eigenvalue weighted by Gasteiger charge is -2.28. The summed E-state index contributed by atoms with van der Waals surface area (Å²) in [7, 11) is 0. The first-order valence-electron chi connectivity index (χ1n) is 8.82. The molecule has 1 aliphatic rings. The number of aromatic nitrogens is 1. The van der Waals surface area contributed by atoms with E-state index in [0.29, 0.717) is 23.9 Å². The first-order chi connectivity index (χ1) is 12.2. The lowest BCUT2D eigenvalue weighted by molar-refractivity contribution is 0.0938. The third-order valence-corrected chi connectivity index (χ3v) is 4.76. The van der Waals surface area contributed by atoms with Crippen molar-refractivity contribution < 1.29 is 14.6 Å². The van der Waals surface area contributed by atoms with Crippen LogP contribution >= 0.6 is 0 Å². The number of nitrogens with one attached hydrogen (secondary N) is 1. The Labute approximate surface area is 148 Å².